The van der Waals surface area contributed by atoms with Crippen molar-refractivity contribution in [2.75, 3.05) is 5.32 Å². The summed E-state index contributed by atoms with van der Waals surface area (Å²) in [6.45, 7) is 0. The van der Waals surface area contributed by atoms with Gasteiger partial charge in [-0.3, -0.25) is 9.59 Å². The van der Waals surface area contributed by atoms with E-state index in [0.717, 1.165) is 0 Å². The lowest BCUT2D eigenvalue weighted by molar-refractivity contribution is -0.140. The first-order valence-electron chi connectivity index (χ1n) is 6.49. The molecular weight excluding hydrogens is 325 g/mol. The number of carboxylic acids is 1. The van der Waals surface area contributed by atoms with Crippen LogP contribution in [0.5, 0.6) is 0 Å². The number of carboxylic acid groups (broad SMARTS) is 1. The van der Waals surface area contributed by atoms with Crippen molar-refractivity contribution in [3.05, 3.63) is 64.1 Å². The molecule has 2 aromatic rings. The van der Waals surface area contributed by atoms with E-state index in [-0.39, 0.29) is 6.42 Å². The van der Waals surface area contributed by atoms with Crippen molar-refractivity contribution in [2.45, 2.75) is 12.3 Å². The number of amides is 1. The third-order valence-corrected chi connectivity index (χ3v) is 3.47. The standard InChI is InChI=1S/C16H13Cl2NO3/c17-11-6-12(18)8-13(7-11)19-15(20)9-14(16(21)22)10-4-2-1-3-5-10/h1-8,14H,9H2,(H,19,20)(H,21,22)/t14-/m0/s1. The maximum atomic E-state index is 12.1. The molecule has 2 aromatic carbocycles. The van der Waals surface area contributed by atoms with Crippen LogP contribution in [-0.4, -0.2) is 17.0 Å². The number of hydrogen-bond acceptors (Lipinski definition) is 2. The highest BCUT2D eigenvalue weighted by atomic mass is 35.5. The third-order valence-electron chi connectivity index (χ3n) is 3.04. The molecule has 22 heavy (non-hydrogen) atoms. The van der Waals surface area contributed by atoms with Gasteiger partial charge in [0.1, 0.15) is 0 Å². The van der Waals surface area contributed by atoms with Gasteiger partial charge in [-0.1, -0.05) is 53.5 Å². The van der Waals surface area contributed by atoms with E-state index in [1.807, 2.05) is 0 Å². The summed E-state index contributed by atoms with van der Waals surface area (Å²) in [6.07, 6.45) is -0.177. The summed E-state index contributed by atoms with van der Waals surface area (Å²) >= 11 is 11.7. The number of hydrogen-bond donors (Lipinski definition) is 2. The first-order chi connectivity index (χ1) is 10.5. The fourth-order valence-electron chi connectivity index (χ4n) is 2.06. The summed E-state index contributed by atoms with van der Waals surface area (Å²) in [5.74, 6) is -2.38. The average molecular weight is 338 g/mol. The fourth-order valence-corrected chi connectivity index (χ4v) is 2.58. The summed E-state index contributed by atoms with van der Waals surface area (Å²) in [6, 6.07) is 13.3. The molecule has 1 atom stereocenters. The zero-order chi connectivity index (χ0) is 16.1. The van der Waals surface area contributed by atoms with Crippen LogP contribution in [0.4, 0.5) is 5.69 Å². The number of rotatable bonds is 5. The number of carbonyl (C=O) groups excluding carboxylic acids is 1. The van der Waals surface area contributed by atoms with E-state index in [0.29, 0.717) is 21.3 Å². The zero-order valence-corrected chi connectivity index (χ0v) is 12.9. The van der Waals surface area contributed by atoms with E-state index in [4.69, 9.17) is 23.2 Å². The molecule has 0 fully saturated rings. The van der Waals surface area contributed by atoms with Crippen LogP contribution in [0.15, 0.2) is 48.5 Å². The van der Waals surface area contributed by atoms with Crippen LogP contribution in [0.3, 0.4) is 0 Å². The second kappa shape index (κ2) is 7.29. The Bertz CT molecular complexity index is 669. The molecular formula is C16H13Cl2NO3. The van der Waals surface area contributed by atoms with E-state index in [2.05, 4.69) is 5.32 Å². The lowest BCUT2D eigenvalue weighted by atomic mass is 9.95. The van der Waals surface area contributed by atoms with Crippen molar-refractivity contribution in [3.63, 3.8) is 0 Å². The second-order valence-corrected chi connectivity index (χ2v) is 5.58. The molecule has 4 nitrogen and oxygen atoms in total. The molecule has 0 aliphatic heterocycles. The molecule has 0 saturated heterocycles. The van der Waals surface area contributed by atoms with Crippen molar-refractivity contribution in [3.8, 4) is 0 Å². The van der Waals surface area contributed by atoms with Crippen LogP contribution in [0, 0.1) is 0 Å². The fraction of sp³-hybridized carbons (Fsp3) is 0.125. The molecule has 6 heteroatoms. The van der Waals surface area contributed by atoms with E-state index in [9.17, 15) is 14.7 Å². The average Bonchev–Trinajstić information content (AvgIpc) is 2.44. The zero-order valence-electron chi connectivity index (χ0n) is 11.4. The predicted molar refractivity (Wildman–Crippen MR) is 86.5 cm³/mol. The number of halogens is 2. The summed E-state index contributed by atoms with van der Waals surface area (Å²) in [4.78, 5) is 23.4. The summed E-state index contributed by atoms with van der Waals surface area (Å²) in [5.41, 5.74) is 1.01. The molecule has 0 radical (unpaired) electrons. The molecule has 0 aliphatic rings. The maximum absolute atomic E-state index is 12.1. The first kappa shape index (κ1) is 16.3. The molecule has 2 N–H and O–H groups in total. The Balaban J connectivity index is 2.10. The SMILES string of the molecule is O=C(C[C@H](C(=O)O)c1ccccc1)Nc1cc(Cl)cc(Cl)c1. The van der Waals surface area contributed by atoms with Crippen LogP contribution >= 0.6 is 23.2 Å². The topological polar surface area (TPSA) is 66.4 Å². The van der Waals surface area contributed by atoms with Gasteiger partial charge >= 0.3 is 5.97 Å². The van der Waals surface area contributed by atoms with E-state index >= 15 is 0 Å². The lowest BCUT2D eigenvalue weighted by Crippen LogP contribution is -2.20. The Kier molecular flexibility index (Phi) is 5.41. The number of nitrogens with one attached hydrogen (secondary N) is 1. The van der Waals surface area contributed by atoms with Crippen molar-refractivity contribution in [1.29, 1.82) is 0 Å². The van der Waals surface area contributed by atoms with Crippen LogP contribution < -0.4 is 5.32 Å². The van der Waals surface area contributed by atoms with E-state index in [1.165, 1.54) is 0 Å². The van der Waals surface area contributed by atoms with Crippen molar-refractivity contribution < 1.29 is 14.7 Å². The normalized spacial score (nSPS) is 11.7. The highest BCUT2D eigenvalue weighted by Crippen LogP contribution is 2.24. The van der Waals surface area contributed by atoms with Gasteiger partial charge in [0.25, 0.3) is 0 Å². The largest absolute Gasteiger partial charge is 0.481 e. The number of benzene rings is 2. The highest BCUT2D eigenvalue weighted by Gasteiger charge is 2.23. The van der Waals surface area contributed by atoms with Gasteiger partial charge in [-0.05, 0) is 23.8 Å². The smallest absolute Gasteiger partial charge is 0.311 e. The summed E-state index contributed by atoms with van der Waals surface area (Å²) in [5, 5.41) is 12.7. The molecule has 0 unspecified atom stereocenters. The van der Waals surface area contributed by atoms with Crippen molar-refractivity contribution >= 4 is 40.8 Å². The number of aliphatic carboxylic acids is 1. The Labute approximate surface area is 137 Å². The summed E-state index contributed by atoms with van der Waals surface area (Å²) in [7, 11) is 0. The van der Waals surface area contributed by atoms with Crippen LogP contribution in [0.1, 0.15) is 17.9 Å². The molecule has 0 saturated carbocycles. The molecule has 0 spiro atoms. The van der Waals surface area contributed by atoms with Gasteiger partial charge < -0.3 is 10.4 Å². The third kappa shape index (κ3) is 4.48. The summed E-state index contributed by atoms with van der Waals surface area (Å²) < 4.78 is 0. The van der Waals surface area contributed by atoms with Gasteiger partial charge in [0, 0.05) is 22.2 Å². The molecule has 0 aromatic heterocycles. The lowest BCUT2D eigenvalue weighted by Gasteiger charge is -2.13. The second-order valence-electron chi connectivity index (χ2n) is 4.71. The minimum Gasteiger partial charge on any atom is -0.481 e. The Morgan fingerprint density at radius 3 is 2.18 bits per heavy atom. The molecule has 114 valence electrons. The highest BCUT2D eigenvalue weighted by molar-refractivity contribution is 6.35. The Hall–Kier alpha value is -2.04. The predicted octanol–water partition coefficient (Wildman–Crippen LogP) is 4.19. The number of carbonyl (C=O) groups is 2. The van der Waals surface area contributed by atoms with E-state index in [1.54, 1.807) is 48.5 Å². The maximum Gasteiger partial charge on any atom is 0.311 e. The molecule has 0 heterocycles. The van der Waals surface area contributed by atoms with Gasteiger partial charge in [-0.2, -0.15) is 0 Å². The monoisotopic (exact) mass is 337 g/mol. The van der Waals surface area contributed by atoms with E-state index < -0.39 is 17.8 Å². The minimum absolute atomic E-state index is 0.177. The van der Waals surface area contributed by atoms with Gasteiger partial charge in [-0.25, -0.2) is 0 Å². The van der Waals surface area contributed by atoms with Crippen molar-refractivity contribution in [1.82, 2.24) is 0 Å². The van der Waals surface area contributed by atoms with Gasteiger partial charge in [0.15, 0.2) is 0 Å². The quantitative estimate of drug-likeness (QED) is 0.859. The minimum atomic E-state index is -1.05. The molecule has 0 bridgehead atoms. The van der Waals surface area contributed by atoms with Gasteiger partial charge in [0.2, 0.25) is 5.91 Å². The molecule has 2 rings (SSSR count). The Morgan fingerprint density at radius 2 is 1.64 bits per heavy atom. The Morgan fingerprint density at radius 1 is 1.05 bits per heavy atom. The van der Waals surface area contributed by atoms with Crippen molar-refractivity contribution in [2.24, 2.45) is 0 Å². The van der Waals surface area contributed by atoms with Crippen LogP contribution in [0.25, 0.3) is 0 Å². The van der Waals surface area contributed by atoms with Crippen LogP contribution in [0.2, 0.25) is 10.0 Å². The first-order valence-corrected chi connectivity index (χ1v) is 7.25. The molecule has 0 aliphatic carbocycles. The number of anilines is 1. The van der Waals surface area contributed by atoms with Gasteiger partial charge in [0.05, 0.1) is 5.92 Å². The molecule has 1 amide bonds. The van der Waals surface area contributed by atoms with Crippen LogP contribution in [-0.2, 0) is 9.59 Å². The van der Waals surface area contributed by atoms with Gasteiger partial charge in [-0.15, -0.1) is 0 Å².